The number of unbranched alkanes of at least 4 members (excludes halogenated alkanes) is 4. The number of hydrogen-bond acceptors (Lipinski definition) is 2. The van der Waals surface area contributed by atoms with Crippen molar-refractivity contribution in [1.82, 2.24) is 0 Å². The zero-order chi connectivity index (χ0) is 21.3. The van der Waals surface area contributed by atoms with E-state index in [1.54, 1.807) is 6.07 Å². The molecule has 7 heteroatoms. The van der Waals surface area contributed by atoms with Gasteiger partial charge in [0.25, 0.3) is 0 Å². The van der Waals surface area contributed by atoms with Crippen molar-refractivity contribution in [2.24, 2.45) is 5.92 Å². The van der Waals surface area contributed by atoms with E-state index in [9.17, 15) is 13.3 Å². The predicted molar refractivity (Wildman–Crippen MR) is 111 cm³/mol. The van der Waals surface area contributed by atoms with Crippen LogP contribution in [0.3, 0.4) is 0 Å². The van der Waals surface area contributed by atoms with E-state index < -0.39 is 19.2 Å². The first-order valence-corrected chi connectivity index (χ1v) is 12.8. The minimum atomic E-state index is -3.97. The molecule has 166 valence electrons. The van der Waals surface area contributed by atoms with Crippen molar-refractivity contribution < 1.29 is 27.9 Å². The largest absolute Gasteiger partial charge is 0.490 e. The predicted octanol–water partition coefficient (Wildman–Crippen LogP) is 6.55. The lowest BCUT2D eigenvalue weighted by molar-refractivity contribution is 0.279. The molecule has 0 bridgehead atoms. The first-order chi connectivity index (χ1) is 13.8. The van der Waals surface area contributed by atoms with Crippen molar-refractivity contribution in [3.8, 4) is 5.75 Å². The van der Waals surface area contributed by atoms with Crippen molar-refractivity contribution in [3.05, 3.63) is 29.3 Å². The lowest BCUT2D eigenvalue weighted by Gasteiger charge is -2.29. The second kappa shape index (κ2) is 12.0. The SMILES string of the molecule is CCCCCC1CCC(c2ccc(OCCCCCP(=O)(O)O)c(F)c2F)CC1. The molecule has 2 N–H and O–H groups in total. The molecule has 0 saturated heterocycles. The molecule has 1 aromatic carbocycles. The number of benzene rings is 1. The zero-order valence-corrected chi connectivity index (χ0v) is 18.3. The van der Waals surface area contributed by atoms with Crippen LogP contribution in [0.25, 0.3) is 0 Å². The average molecular weight is 432 g/mol. The molecule has 29 heavy (non-hydrogen) atoms. The van der Waals surface area contributed by atoms with Gasteiger partial charge in [-0.05, 0) is 68.4 Å². The van der Waals surface area contributed by atoms with E-state index in [0.29, 0.717) is 24.8 Å². The van der Waals surface area contributed by atoms with Gasteiger partial charge in [-0.25, -0.2) is 4.39 Å². The molecule has 0 aliphatic heterocycles. The second-order valence-corrected chi connectivity index (χ2v) is 10.1. The van der Waals surface area contributed by atoms with Gasteiger partial charge in [-0.2, -0.15) is 4.39 Å². The molecule has 1 aliphatic carbocycles. The number of rotatable bonds is 12. The summed E-state index contributed by atoms with van der Waals surface area (Å²) in [5, 5.41) is 0. The molecule has 0 aromatic heterocycles. The summed E-state index contributed by atoms with van der Waals surface area (Å²) in [6.45, 7) is 2.40. The van der Waals surface area contributed by atoms with Crippen LogP contribution in [-0.2, 0) is 4.57 Å². The van der Waals surface area contributed by atoms with Crippen LogP contribution in [0.4, 0.5) is 8.78 Å². The molecule has 0 amide bonds. The van der Waals surface area contributed by atoms with Gasteiger partial charge in [0.05, 0.1) is 6.61 Å². The molecule has 1 aromatic rings. The third kappa shape index (κ3) is 8.35. The van der Waals surface area contributed by atoms with Crippen LogP contribution in [-0.4, -0.2) is 22.6 Å². The van der Waals surface area contributed by atoms with E-state index in [4.69, 9.17) is 14.5 Å². The Hall–Kier alpha value is -0.970. The van der Waals surface area contributed by atoms with Crippen molar-refractivity contribution in [3.63, 3.8) is 0 Å². The molecule has 0 atom stereocenters. The van der Waals surface area contributed by atoms with Crippen LogP contribution in [0.5, 0.6) is 5.75 Å². The fraction of sp³-hybridized carbons (Fsp3) is 0.727. The van der Waals surface area contributed by atoms with Crippen LogP contribution in [0, 0.1) is 17.6 Å². The third-order valence-corrected chi connectivity index (χ3v) is 6.83. The molecule has 1 saturated carbocycles. The van der Waals surface area contributed by atoms with Crippen LogP contribution >= 0.6 is 7.60 Å². The second-order valence-electron chi connectivity index (χ2n) is 8.29. The van der Waals surface area contributed by atoms with Crippen molar-refractivity contribution in [2.45, 2.75) is 83.5 Å². The molecular formula is C22H35F2O4P. The smallest absolute Gasteiger partial charge is 0.325 e. The molecular weight excluding hydrogens is 397 g/mol. The summed E-state index contributed by atoms with van der Waals surface area (Å²) in [4.78, 5) is 17.6. The molecule has 4 nitrogen and oxygen atoms in total. The maximum absolute atomic E-state index is 14.6. The number of halogens is 2. The van der Waals surface area contributed by atoms with E-state index >= 15 is 0 Å². The summed E-state index contributed by atoms with van der Waals surface area (Å²) < 4.78 is 45.2. The summed E-state index contributed by atoms with van der Waals surface area (Å²) in [6, 6.07) is 3.17. The van der Waals surface area contributed by atoms with Gasteiger partial charge < -0.3 is 14.5 Å². The summed E-state index contributed by atoms with van der Waals surface area (Å²) >= 11 is 0. The first-order valence-electron chi connectivity index (χ1n) is 11.0. The fourth-order valence-electron chi connectivity index (χ4n) is 4.20. The maximum Gasteiger partial charge on any atom is 0.325 e. The molecule has 0 heterocycles. The normalized spacial score (nSPS) is 20.0. The Bertz CT molecular complexity index is 669. The standard InChI is InChI=1S/C22H35F2O4P/c1-2-3-5-8-17-9-11-18(12-10-17)19-13-14-20(22(24)21(19)23)28-15-6-4-7-16-29(25,26)27/h13-14,17-18H,2-12,15-16H2,1H3,(H2,25,26,27). The van der Waals surface area contributed by atoms with Crippen LogP contribution in [0.1, 0.15) is 89.0 Å². The minimum Gasteiger partial charge on any atom is -0.490 e. The van der Waals surface area contributed by atoms with E-state index in [1.165, 1.54) is 31.7 Å². The molecule has 1 aliphatic rings. The number of ether oxygens (including phenoxy) is 1. The molecule has 0 radical (unpaired) electrons. The van der Waals surface area contributed by atoms with Gasteiger partial charge in [0.1, 0.15) is 0 Å². The van der Waals surface area contributed by atoms with Gasteiger partial charge in [-0.3, -0.25) is 4.57 Å². The summed E-state index contributed by atoms with van der Waals surface area (Å²) in [6.07, 6.45) is 10.3. The Kier molecular flexibility index (Phi) is 10.1. The van der Waals surface area contributed by atoms with Gasteiger partial charge in [0.2, 0.25) is 5.82 Å². The van der Waals surface area contributed by atoms with Gasteiger partial charge >= 0.3 is 7.60 Å². The maximum atomic E-state index is 14.6. The van der Waals surface area contributed by atoms with Gasteiger partial charge in [0.15, 0.2) is 11.6 Å². The van der Waals surface area contributed by atoms with E-state index in [-0.39, 0.29) is 24.4 Å². The fourth-order valence-corrected chi connectivity index (χ4v) is 4.83. The molecule has 2 rings (SSSR count). The van der Waals surface area contributed by atoms with Gasteiger partial charge in [0, 0.05) is 6.16 Å². The quantitative estimate of drug-likeness (QED) is 0.290. The lowest BCUT2D eigenvalue weighted by atomic mass is 9.77. The highest BCUT2D eigenvalue weighted by molar-refractivity contribution is 7.51. The van der Waals surface area contributed by atoms with E-state index in [0.717, 1.165) is 31.6 Å². The van der Waals surface area contributed by atoms with E-state index in [1.807, 2.05) is 0 Å². The van der Waals surface area contributed by atoms with Crippen molar-refractivity contribution in [1.29, 1.82) is 0 Å². The lowest BCUT2D eigenvalue weighted by Crippen LogP contribution is -2.15. The Labute approximate surface area is 173 Å². The highest BCUT2D eigenvalue weighted by Crippen LogP contribution is 2.40. The van der Waals surface area contributed by atoms with Gasteiger partial charge in [-0.15, -0.1) is 0 Å². The summed E-state index contributed by atoms with van der Waals surface area (Å²) in [7, 11) is -3.97. The monoisotopic (exact) mass is 432 g/mol. The van der Waals surface area contributed by atoms with Gasteiger partial charge in [-0.1, -0.05) is 38.7 Å². The highest BCUT2D eigenvalue weighted by atomic mass is 31.2. The topological polar surface area (TPSA) is 66.8 Å². The Balaban J connectivity index is 1.79. The number of hydrogen-bond donors (Lipinski definition) is 2. The Morgan fingerprint density at radius 1 is 1.00 bits per heavy atom. The zero-order valence-electron chi connectivity index (χ0n) is 17.4. The van der Waals surface area contributed by atoms with Crippen LogP contribution < -0.4 is 4.74 Å². The highest BCUT2D eigenvalue weighted by Gasteiger charge is 2.26. The molecule has 0 unspecified atom stereocenters. The minimum absolute atomic E-state index is 0.0774. The van der Waals surface area contributed by atoms with Crippen LogP contribution in [0.2, 0.25) is 0 Å². The molecule has 1 fully saturated rings. The molecule has 0 spiro atoms. The Morgan fingerprint density at radius 3 is 2.38 bits per heavy atom. The van der Waals surface area contributed by atoms with E-state index in [2.05, 4.69) is 6.92 Å². The summed E-state index contributed by atoms with van der Waals surface area (Å²) in [5.74, 6) is -1.01. The van der Waals surface area contributed by atoms with Crippen molar-refractivity contribution >= 4 is 7.60 Å². The summed E-state index contributed by atoms with van der Waals surface area (Å²) in [5.41, 5.74) is 0.462. The Morgan fingerprint density at radius 2 is 1.72 bits per heavy atom. The average Bonchev–Trinajstić information content (AvgIpc) is 2.68. The van der Waals surface area contributed by atoms with Crippen LogP contribution in [0.15, 0.2) is 12.1 Å². The van der Waals surface area contributed by atoms with Crippen molar-refractivity contribution in [2.75, 3.05) is 12.8 Å². The first kappa shape index (κ1) is 24.3. The third-order valence-electron chi connectivity index (χ3n) is 5.93.